The minimum absolute atomic E-state index is 0.00341. The van der Waals surface area contributed by atoms with Gasteiger partial charge in [-0.05, 0) is 81.3 Å². The Bertz CT molecular complexity index is 1490. The van der Waals surface area contributed by atoms with Crippen molar-refractivity contribution < 1.29 is 18.3 Å². The van der Waals surface area contributed by atoms with Gasteiger partial charge in [-0.25, -0.2) is 18.6 Å². The summed E-state index contributed by atoms with van der Waals surface area (Å²) in [5, 5.41) is 13.8. The third kappa shape index (κ3) is 5.82. The third-order valence-electron chi connectivity index (χ3n) is 8.60. The van der Waals surface area contributed by atoms with Gasteiger partial charge in [-0.15, -0.1) is 0 Å². The van der Waals surface area contributed by atoms with Crippen LogP contribution in [0.4, 0.5) is 26.2 Å². The van der Waals surface area contributed by atoms with Gasteiger partial charge in [-0.1, -0.05) is 0 Å². The molecule has 3 aliphatic rings. The molecule has 0 unspecified atom stereocenters. The second kappa shape index (κ2) is 11.6. The van der Waals surface area contributed by atoms with Crippen molar-refractivity contribution in [3.8, 4) is 11.4 Å². The first-order chi connectivity index (χ1) is 20.2. The second-order valence-electron chi connectivity index (χ2n) is 12.1. The molecule has 3 saturated heterocycles. The Kier molecular flexibility index (Phi) is 7.83. The molecule has 2 atom stereocenters. The van der Waals surface area contributed by atoms with Crippen molar-refractivity contribution in [2.45, 2.75) is 70.0 Å². The average Bonchev–Trinajstić information content (AvgIpc) is 3.58. The molecule has 226 valence electrons. The molecule has 0 saturated carbocycles. The molecular weight excluding hydrogens is 548 g/mol. The first kappa shape index (κ1) is 28.5. The van der Waals surface area contributed by atoms with Crippen molar-refractivity contribution in [2.75, 3.05) is 37.0 Å². The van der Waals surface area contributed by atoms with Crippen LogP contribution in [0.5, 0.6) is 5.75 Å². The molecule has 5 heterocycles. The number of aromatic nitrogens is 6. The molecule has 3 fully saturated rings. The Morgan fingerprint density at radius 1 is 1.14 bits per heavy atom. The summed E-state index contributed by atoms with van der Waals surface area (Å²) in [4.78, 5) is 23.6. The number of anilines is 3. The van der Waals surface area contributed by atoms with Gasteiger partial charge in [0.25, 0.3) is 0 Å². The Labute approximate surface area is 242 Å². The Morgan fingerprint density at radius 2 is 1.95 bits per heavy atom. The number of benzene rings is 1. The number of ether oxygens (including phenoxy) is 2. The first-order valence-electron chi connectivity index (χ1n) is 14.5. The van der Waals surface area contributed by atoms with E-state index in [9.17, 15) is 9.18 Å². The van der Waals surface area contributed by atoms with Crippen LogP contribution in [0.15, 0.2) is 23.1 Å². The maximum Gasteiger partial charge on any atom is 0.368 e. The largest absolute Gasteiger partial charge is 0.491 e. The molecule has 12 nitrogen and oxygen atoms in total. The van der Waals surface area contributed by atoms with E-state index in [0.717, 1.165) is 54.2 Å². The summed E-state index contributed by atoms with van der Waals surface area (Å²) in [6, 6.07) is 3.08. The molecule has 1 aromatic carbocycles. The van der Waals surface area contributed by atoms with E-state index < -0.39 is 17.3 Å². The second-order valence-corrected chi connectivity index (χ2v) is 12.1. The van der Waals surface area contributed by atoms with Crippen LogP contribution in [0.1, 0.15) is 52.4 Å². The zero-order chi connectivity index (χ0) is 29.4. The SMILES string of the molecule is Cn1nnn(-c2cc(Nc3ncc(F)c(N[C@@H]4C[C@@H]5CCCN5C(C)(C)C4)n3)c(F)cc2OCC2CCOCC2)c1=O. The van der Waals surface area contributed by atoms with Gasteiger partial charge in [0, 0.05) is 44.0 Å². The zero-order valence-corrected chi connectivity index (χ0v) is 24.1. The van der Waals surface area contributed by atoms with Crippen molar-refractivity contribution in [3.05, 3.63) is 40.4 Å². The molecule has 0 radical (unpaired) electrons. The smallest absolute Gasteiger partial charge is 0.368 e. The molecule has 3 aliphatic heterocycles. The first-order valence-corrected chi connectivity index (χ1v) is 14.5. The van der Waals surface area contributed by atoms with Crippen LogP contribution in [-0.2, 0) is 11.8 Å². The number of tetrazole rings is 1. The average molecular weight is 586 g/mol. The summed E-state index contributed by atoms with van der Waals surface area (Å²) in [6.07, 6.45) is 6.77. The fourth-order valence-corrected chi connectivity index (χ4v) is 6.47. The summed E-state index contributed by atoms with van der Waals surface area (Å²) in [5.41, 5.74) is -0.355. The van der Waals surface area contributed by atoms with Gasteiger partial charge in [0.15, 0.2) is 17.5 Å². The molecule has 42 heavy (non-hydrogen) atoms. The van der Waals surface area contributed by atoms with Gasteiger partial charge in [0.2, 0.25) is 5.95 Å². The fraction of sp³-hybridized carbons (Fsp3) is 0.607. The molecule has 2 aromatic heterocycles. The normalized spacial score (nSPS) is 22.6. The molecule has 6 rings (SSSR count). The quantitative estimate of drug-likeness (QED) is 0.407. The van der Waals surface area contributed by atoms with E-state index >= 15 is 4.39 Å². The number of piperidine rings is 1. The minimum Gasteiger partial charge on any atom is -0.491 e. The maximum atomic E-state index is 15.4. The summed E-state index contributed by atoms with van der Waals surface area (Å²) in [6.45, 7) is 7.17. The summed E-state index contributed by atoms with van der Waals surface area (Å²) >= 11 is 0. The Morgan fingerprint density at radius 3 is 2.71 bits per heavy atom. The van der Waals surface area contributed by atoms with Crippen molar-refractivity contribution in [1.29, 1.82) is 0 Å². The highest BCUT2D eigenvalue weighted by Gasteiger charge is 2.43. The zero-order valence-electron chi connectivity index (χ0n) is 24.1. The van der Waals surface area contributed by atoms with Crippen LogP contribution in [0.3, 0.4) is 0 Å². The van der Waals surface area contributed by atoms with Crippen LogP contribution < -0.4 is 21.1 Å². The number of halogens is 2. The molecule has 3 aromatic rings. The number of hydrogen-bond acceptors (Lipinski definition) is 10. The third-order valence-corrected chi connectivity index (χ3v) is 8.60. The topological polar surface area (TPSA) is 124 Å². The van der Waals surface area contributed by atoms with Crippen LogP contribution in [0.2, 0.25) is 0 Å². The standard InChI is InChI=1S/C28H37F2N9O3/c1-28(2)14-18(11-19-5-4-8-38(19)28)32-25-21(30)15-31-26(34-25)33-22-13-23(39-27(40)37(3)35-36-39)24(12-20(22)29)42-16-17-6-9-41-10-7-17/h12-13,15,17-19H,4-11,14,16H2,1-3H3,(H2,31,32,33,34)/t18-,19+/m1/s1. The number of rotatable bonds is 8. The summed E-state index contributed by atoms with van der Waals surface area (Å²) in [5.74, 6) is -0.788. The van der Waals surface area contributed by atoms with Gasteiger partial charge in [0.1, 0.15) is 11.4 Å². The molecule has 0 bridgehead atoms. The minimum atomic E-state index is -0.657. The van der Waals surface area contributed by atoms with Gasteiger partial charge in [-0.3, -0.25) is 4.90 Å². The van der Waals surface area contributed by atoms with Crippen molar-refractivity contribution in [1.82, 2.24) is 34.7 Å². The number of hydrogen-bond donors (Lipinski definition) is 2. The van der Waals surface area contributed by atoms with Gasteiger partial charge in [0.05, 0.1) is 18.5 Å². The van der Waals surface area contributed by atoms with Crippen LogP contribution in [-0.4, -0.2) is 78.6 Å². The van der Waals surface area contributed by atoms with E-state index in [1.807, 2.05) is 0 Å². The van der Waals surface area contributed by atoms with E-state index in [1.165, 1.54) is 25.6 Å². The van der Waals surface area contributed by atoms with E-state index in [0.29, 0.717) is 25.9 Å². The maximum absolute atomic E-state index is 15.4. The lowest BCUT2D eigenvalue weighted by Crippen LogP contribution is -2.55. The number of nitrogens with zero attached hydrogens (tertiary/aromatic N) is 7. The monoisotopic (exact) mass is 585 g/mol. The van der Waals surface area contributed by atoms with Crippen LogP contribution >= 0.6 is 0 Å². The van der Waals surface area contributed by atoms with E-state index in [4.69, 9.17) is 9.47 Å². The Balaban J connectivity index is 1.24. The van der Waals surface area contributed by atoms with Crippen LogP contribution in [0.25, 0.3) is 5.69 Å². The molecular formula is C28H37F2N9O3. The number of aryl methyl sites for hydroxylation is 1. The van der Waals surface area contributed by atoms with Crippen molar-refractivity contribution >= 4 is 17.5 Å². The summed E-state index contributed by atoms with van der Waals surface area (Å²) < 4.78 is 43.8. The molecule has 0 spiro atoms. The van der Waals surface area contributed by atoms with E-state index in [1.54, 1.807) is 0 Å². The molecule has 0 amide bonds. The van der Waals surface area contributed by atoms with Crippen LogP contribution in [0, 0.1) is 17.6 Å². The highest BCUT2D eigenvalue weighted by molar-refractivity contribution is 5.63. The van der Waals surface area contributed by atoms with Gasteiger partial charge >= 0.3 is 5.69 Å². The summed E-state index contributed by atoms with van der Waals surface area (Å²) in [7, 11) is 1.47. The predicted octanol–water partition coefficient (Wildman–Crippen LogP) is 3.40. The lowest BCUT2D eigenvalue weighted by Gasteiger charge is -2.47. The Hall–Kier alpha value is -3.65. The number of fused-ring (bicyclic) bond motifs is 1. The molecule has 0 aliphatic carbocycles. The highest BCUT2D eigenvalue weighted by atomic mass is 19.1. The molecule has 14 heteroatoms. The fourth-order valence-electron chi connectivity index (χ4n) is 6.47. The number of nitrogens with one attached hydrogen (secondary N) is 2. The van der Waals surface area contributed by atoms with Gasteiger partial charge in [-0.2, -0.15) is 14.3 Å². The van der Waals surface area contributed by atoms with Crippen molar-refractivity contribution in [2.24, 2.45) is 13.0 Å². The lowest BCUT2D eigenvalue weighted by atomic mass is 9.84. The van der Waals surface area contributed by atoms with E-state index in [2.05, 4.69) is 49.8 Å². The highest BCUT2D eigenvalue weighted by Crippen LogP contribution is 2.39. The van der Waals surface area contributed by atoms with Crippen molar-refractivity contribution in [3.63, 3.8) is 0 Å². The predicted molar refractivity (Wildman–Crippen MR) is 151 cm³/mol. The van der Waals surface area contributed by atoms with Gasteiger partial charge < -0.3 is 20.1 Å². The lowest BCUT2D eigenvalue weighted by molar-refractivity contribution is 0.0496. The molecule has 2 N–H and O–H groups in total. The van der Waals surface area contributed by atoms with E-state index in [-0.39, 0.29) is 46.4 Å².